The normalized spacial score (nSPS) is 12.5. The molecule has 3 rings (SSSR count). The zero-order valence-corrected chi connectivity index (χ0v) is 17.6. The van der Waals surface area contributed by atoms with E-state index in [9.17, 15) is 18.5 Å². The van der Waals surface area contributed by atoms with Crippen LogP contribution in [0.4, 0.5) is 11.4 Å². The topological polar surface area (TPSA) is 118 Å². The number of rotatable bonds is 8. The molecule has 0 atom stereocenters. The number of fused-ring (bicyclic) bond motifs is 1. The Morgan fingerprint density at radius 1 is 1.17 bits per heavy atom. The first-order chi connectivity index (χ1) is 14.3. The maximum Gasteiger partial charge on any atom is 0.295 e. The summed E-state index contributed by atoms with van der Waals surface area (Å²) in [5.74, 6) is 0.520. The van der Waals surface area contributed by atoms with Crippen molar-refractivity contribution < 1.29 is 17.8 Å². The average Bonchev–Trinajstić information content (AvgIpc) is 3.17. The molecule has 0 amide bonds. The number of nitro groups is 1. The van der Waals surface area contributed by atoms with Crippen molar-refractivity contribution in [3.05, 3.63) is 64.4 Å². The summed E-state index contributed by atoms with van der Waals surface area (Å²) in [6, 6.07) is 13.0. The van der Waals surface area contributed by atoms with Crippen LogP contribution in [-0.2, 0) is 10.0 Å². The van der Waals surface area contributed by atoms with Gasteiger partial charge in [-0.25, -0.2) is 8.42 Å². The number of anilines is 1. The van der Waals surface area contributed by atoms with Gasteiger partial charge >= 0.3 is 0 Å². The van der Waals surface area contributed by atoms with Gasteiger partial charge in [-0.15, -0.1) is 0 Å². The van der Waals surface area contributed by atoms with E-state index in [2.05, 4.69) is 10.5 Å². The maximum atomic E-state index is 12.7. The molecule has 158 valence electrons. The van der Waals surface area contributed by atoms with Crippen molar-refractivity contribution in [2.45, 2.75) is 25.7 Å². The van der Waals surface area contributed by atoms with Crippen molar-refractivity contribution in [2.24, 2.45) is 5.10 Å². The van der Waals surface area contributed by atoms with Crippen LogP contribution in [0.1, 0.15) is 26.5 Å². The fourth-order valence-corrected chi connectivity index (χ4v) is 4.47. The first kappa shape index (κ1) is 21.5. The smallest absolute Gasteiger partial charge is 0.295 e. The van der Waals surface area contributed by atoms with E-state index in [-0.39, 0.29) is 29.4 Å². The van der Waals surface area contributed by atoms with E-state index < -0.39 is 14.9 Å². The number of para-hydroxylation sites is 1. The number of benzene rings is 2. The Kier molecular flexibility index (Phi) is 6.18. The molecule has 0 spiro atoms. The van der Waals surface area contributed by atoms with Gasteiger partial charge in [0.15, 0.2) is 5.76 Å². The highest BCUT2D eigenvalue weighted by molar-refractivity contribution is 7.89. The van der Waals surface area contributed by atoms with Gasteiger partial charge in [0.25, 0.3) is 5.69 Å². The first-order valence-electron chi connectivity index (χ1n) is 9.35. The number of furan rings is 1. The highest BCUT2D eigenvalue weighted by Gasteiger charge is 2.25. The van der Waals surface area contributed by atoms with E-state index in [0.29, 0.717) is 17.1 Å². The van der Waals surface area contributed by atoms with Gasteiger partial charge in [-0.05, 0) is 31.2 Å². The lowest BCUT2D eigenvalue weighted by atomic mass is 10.2. The second-order valence-corrected chi connectivity index (χ2v) is 8.42. The second-order valence-electron chi connectivity index (χ2n) is 6.48. The van der Waals surface area contributed by atoms with Crippen molar-refractivity contribution >= 4 is 38.1 Å². The van der Waals surface area contributed by atoms with Crippen molar-refractivity contribution in [1.82, 2.24) is 4.31 Å². The zero-order chi connectivity index (χ0) is 21.9. The van der Waals surface area contributed by atoms with E-state index in [4.69, 9.17) is 4.42 Å². The quantitative estimate of drug-likeness (QED) is 0.325. The summed E-state index contributed by atoms with van der Waals surface area (Å²) < 4.78 is 32.3. The number of hydrazone groups is 1. The lowest BCUT2D eigenvalue weighted by Crippen LogP contribution is -2.30. The Balaban J connectivity index is 1.92. The predicted octanol–water partition coefficient (Wildman–Crippen LogP) is 4.21. The van der Waals surface area contributed by atoms with Gasteiger partial charge in [-0.2, -0.15) is 9.41 Å². The Labute approximate surface area is 174 Å². The summed E-state index contributed by atoms with van der Waals surface area (Å²) in [6.45, 7) is 5.67. The molecule has 0 aliphatic rings. The zero-order valence-electron chi connectivity index (χ0n) is 16.8. The summed E-state index contributed by atoms with van der Waals surface area (Å²) in [4.78, 5) is 10.8. The molecule has 1 aromatic heterocycles. The molecule has 0 fully saturated rings. The van der Waals surface area contributed by atoms with Gasteiger partial charge in [-0.1, -0.05) is 32.0 Å². The third-order valence-electron chi connectivity index (χ3n) is 4.64. The molecule has 3 aromatic rings. The molecule has 9 nitrogen and oxygen atoms in total. The summed E-state index contributed by atoms with van der Waals surface area (Å²) in [5, 5.41) is 16.6. The van der Waals surface area contributed by atoms with Gasteiger partial charge in [0.05, 0.1) is 9.82 Å². The van der Waals surface area contributed by atoms with Crippen LogP contribution >= 0.6 is 0 Å². The Hall–Kier alpha value is -3.24. The molecule has 1 N–H and O–H groups in total. The molecule has 1 heterocycles. The largest absolute Gasteiger partial charge is 0.455 e. The minimum atomic E-state index is -3.81. The summed E-state index contributed by atoms with van der Waals surface area (Å²) in [6.07, 6.45) is 0. The Morgan fingerprint density at radius 2 is 1.87 bits per heavy atom. The fourth-order valence-electron chi connectivity index (χ4n) is 2.99. The van der Waals surface area contributed by atoms with Crippen molar-refractivity contribution in [3.8, 4) is 0 Å². The molecular weight excluding hydrogens is 408 g/mol. The van der Waals surface area contributed by atoms with Gasteiger partial charge in [0, 0.05) is 24.5 Å². The van der Waals surface area contributed by atoms with E-state index in [1.54, 1.807) is 20.8 Å². The molecule has 30 heavy (non-hydrogen) atoms. The van der Waals surface area contributed by atoms with Crippen LogP contribution < -0.4 is 5.43 Å². The van der Waals surface area contributed by atoms with E-state index >= 15 is 0 Å². The van der Waals surface area contributed by atoms with Gasteiger partial charge in [0.2, 0.25) is 10.0 Å². The highest BCUT2D eigenvalue weighted by Crippen LogP contribution is 2.29. The van der Waals surface area contributed by atoms with Crippen LogP contribution in [-0.4, -0.2) is 36.4 Å². The molecular formula is C20H22N4O5S. The molecule has 0 unspecified atom stereocenters. The van der Waals surface area contributed by atoms with Gasteiger partial charge < -0.3 is 4.42 Å². The van der Waals surface area contributed by atoms with E-state index in [0.717, 1.165) is 11.5 Å². The van der Waals surface area contributed by atoms with E-state index in [1.807, 2.05) is 30.3 Å². The summed E-state index contributed by atoms with van der Waals surface area (Å²) >= 11 is 0. The van der Waals surface area contributed by atoms with Crippen LogP contribution in [0.25, 0.3) is 11.0 Å². The van der Waals surface area contributed by atoms with Crippen LogP contribution in [0.3, 0.4) is 0 Å². The molecule has 0 bridgehead atoms. The van der Waals surface area contributed by atoms with Gasteiger partial charge in [-0.3, -0.25) is 15.5 Å². The Morgan fingerprint density at radius 3 is 2.50 bits per heavy atom. The third-order valence-corrected chi connectivity index (χ3v) is 6.68. The minimum Gasteiger partial charge on any atom is -0.455 e. The SMILES string of the molecule is CCN(CC)S(=O)(=O)c1ccc(NN=C(C)c2cc3ccccc3o2)c([N+](=O)[O-])c1. The molecule has 0 saturated carbocycles. The number of hydrogen-bond donors (Lipinski definition) is 1. The minimum absolute atomic E-state index is 0.0777. The molecule has 0 saturated heterocycles. The molecule has 0 aliphatic carbocycles. The van der Waals surface area contributed by atoms with Crippen LogP contribution in [0.15, 0.2) is 62.9 Å². The molecule has 10 heteroatoms. The monoisotopic (exact) mass is 430 g/mol. The van der Waals surface area contributed by atoms with Crippen molar-refractivity contribution in [2.75, 3.05) is 18.5 Å². The van der Waals surface area contributed by atoms with Crippen molar-refractivity contribution in [3.63, 3.8) is 0 Å². The summed E-state index contributed by atoms with van der Waals surface area (Å²) in [5.41, 5.74) is 3.54. The predicted molar refractivity (Wildman–Crippen MR) is 115 cm³/mol. The number of nitrogens with zero attached hydrogens (tertiary/aromatic N) is 3. The first-order valence-corrected chi connectivity index (χ1v) is 10.8. The van der Waals surface area contributed by atoms with Crippen molar-refractivity contribution in [1.29, 1.82) is 0 Å². The number of sulfonamides is 1. The highest BCUT2D eigenvalue weighted by atomic mass is 32.2. The lowest BCUT2D eigenvalue weighted by Gasteiger charge is -2.18. The summed E-state index contributed by atoms with van der Waals surface area (Å²) in [7, 11) is -3.81. The molecule has 2 aromatic carbocycles. The van der Waals surface area contributed by atoms with E-state index in [1.165, 1.54) is 16.4 Å². The van der Waals surface area contributed by atoms with Crippen LogP contribution in [0.2, 0.25) is 0 Å². The average molecular weight is 430 g/mol. The number of nitrogens with one attached hydrogen (secondary N) is 1. The van der Waals surface area contributed by atoms with Crippen LogP contribution in [0, 0.1) is 10.1 Å². The third kappa shape index (κ3) is 4.19. The second kappa shape index (κ2) is 8.64. The standard InChI is InChI=1S/C20H22N4O5S/c1-4-23(5-2)30(27,28)16-10-11-17(18(13-16)24(25)26)22-21-14(3)20-12-15-8-6-7-9-19(15)29-20/h6-13,22H,4-5H2,1-3H3. The lowest BCUT2D eigenvalue weighted by molar-refractivity contribution is -0.384. The van der Waals surface area contributed by atoms with Crippen LogP contribution in [0.5, 0.6) is 0 Å². The molecule has 0 radical (unpaired) electrons. The number of hydrogen-bond acceptors (Lipinski definition) is 7. The number of nitro benzene ring substituents is 1. The Bertz CT molecular complexity index is 1180. The molecule has 0 aliphatic heterocycles. The fraction of sp³-hybridized carbons (Fsp3) is 0.250. The maximum absolute atomic E-state index is 12.7. The van der Waals surface area contributed by atoms with Gasteiger partial charge in [0.1, 0.15) is 17.0 Å².